The Balaban J connectivity index is 1.86. The molecule has 0 unspecified atom stereocenters. The Labute approximate surface area is 171 Å². The number of anilines is 1. The zero-order chi connectivity index (χ0) is 21.2. The van der Waals surface area contributed by atoms with E-state index in [-0.39, 0.29) is 49.0 Å². The summed E-state index contributed by atoms with van der Waals surface area (Å²) in [7, 11) is 0. The Morgan fingerprint density at radius 3 is 2.76 bits per heavy atom. The second-order valence-electron chi connectivity index (χ2n) is 6.38. The summed E-state index contributed by atoms with van der Waals surface area (Å²) in [6, 6.07) is 0. The summed E-state index contributed by atoms with van der Waals surface area (Å²) >= 11 is 3.09. The van der Waals surface area contributed by atoms with Gasteiger partial charge in [-0.3, -0.25) is 14.2 Å². The number of nitrogens with zero attached hydrogens (tertiary/aromatic N) is 6. The summed E-state index contributed by atoms with van der Waals surface area (Å²) in [4.78, 5) is 30.4. The minimum Gasteiger partial charge on any atom is -0.464 e. The Hall–Kier alpha value is -2.44. The number of rotatable bonds is 6. The van der Waals surface area contributed by atoms with E-state index in [1.807, 2.05) is 6.92 Å². The first-order valence-electron chi connectivity index (χ1n) is 8.87. The van der Waals surface area contributed by atoms with Crippen molar-refractivity contribution in [3.8, 4) is 0 Å². The first-order chi connectivity index (χ1) is 13.7. The number of halogens is 4. The summed E-state index contributed by atoms with van der Waals surface area (Å²) < 4.78 is 46.4. The second-order valence-corrected chi connectivity index (χ2v) is 7.24. The molecule has 1 aliphatic heterocycles. The van der Waals surface area contributed by atoms with E-state index in [1.54, 1.807) is 4.90 Å². The highest BCUT2D eigenvalue weighted by Gasteiger charge is 2.39. The van der Waals surface area contributed by atoms with Crippen LogP contribution < -0.4 is 10.5 Å². The molecule has 0 fully saturated rings. The van der Waals surface area contributed by atoms with Crippen LogP contribution in [0.1, 0.15) is 31.4 Å². The molecule has 0 saturated heterocycles. The second kappa shape index (κ2) is 8.51. The summed E-state index contributed by atoms with van der Waals surface area (Å²) in [6.45, 7) is 1.89. The van der Waals surface area contributed by atoms with E-state index in [9.17, 15) is 22.8 Å². The molecule has 0 radical (unpaired) electrons. The molecule has 3 heterocycles. The highest BCUT2D eigenvalue weighted by molar-refractivity contribution is 9.10. The van der Waals surface area contributed by atoms with Crippen molar-refractivity contribution < 1.29 is 22.7 Å². The van der Waals surface area contributed by atoms with Gasteiger partial charge in [-0.25, -0.2) is 4.98 Å². The number of carbonyl (C=O) groups excluding carboxylic acids is 1. The molecule has 29 heavy (non-hydrogen) atoms. The van der Waals surface area contributed by atoms with E-state index in [1.165, 1.54) is 6.20 Å². The van der Waals surface area contributed by atoms with Crippen LogP contribution in [-0.4, -0.2) is 43.4 Å². The van der Waals surface area contributed by atoms with Crippen molar-refractivity contribution in [3.05, 3.63) is 32.7 Å². The lowest BCUT2D eigenvalue weighted by atomic mass is 10.3. The molecule has 0 atom stereocenters. The number of esters is 1. The van der Waals surface area contributed by atoms with E-state index in [0.29, 0.717) is 6.42 Å². The molecule has 0 N–H and O–H groups in total. The summed E-state index contributed by atoms with van der Waals surface area (Å²) in [6.07, 6.45) is -1.76. The minimum atomic E-state index is -4.60. The number of unbranched alkanes of at least 4 members (excludes halogenated alkanes) is 1. The predicted octanol–water partition coefficient (Wildman–Crippen LogP) is 1.98. The molecule has 0 aromatic carbocycles. The number of ether oxygens (including phenoxy) is 1. The molecule has 13 heteroatoms. The number of hydrogen-bond donors (Lipinski definition) is 0. The molecule has 0 bridgehead atoms. The van der Waals surface area contributed by atoms with Gasteiger partial charge in [-0.15, -0.1) is 10.2 Å². The van der Waals surface area contributed by atoms with E-state index < -0.39 is 23.5 Å². The van der Waals surface area contributed by atoms with Crippen LogP contribution in [0.2, 0.25) is 0 Å². The van der Waals surface area contributed by atoms with Crippen molar-refractivity contribution >= 4 is 27.8 Å². The van der Waals surface area contributed by atoms with Gasteiger partial charge >= 0.3 is 12.1 Å². The highest BCUT2D eigenvalue weighted by atomic mass is 79.9. The molecule has 2 aromatic heterocycles. The van der Waals surface area contributed by atoms with Crippen LogP contribution in [0.15, 0.2) is 15.5 Å². The van der Waals surface area contributed by atoms with Crippen LogP contribution in [0.4, 0.5) is 19.1 Å². The maximum absolute atomic E-state index is 13.0. The fourth-order valence-corrected chi connectivity index (χ4v) is 3.21. The molecule has 0 amide bonds. The third-order valence-electron chi connectivity index (χ3n) is 4.32. The molecule has 158 valence electrons. The normalized spacial score (nSPS) is 14.0. The number of fused-ring (bicyclic) bond motifs is 1. The fraction of sp³-hybridized carbons (Fsp3) is 0.562. The summed E-state index contributed by atoms with van der Waals surface area (Å²) in [5.74, 6) is -1.42. The first kappa shape index (κ1) is 21.3. The zero-order valence-corrected chi connectivity index (χ0v) is 17.0. The molecule has 3 rings (SSSR count). The Bertz CT molecular complexity index is 958. The van der Waals surface area contributed by atoms with E-state index in [4.69, 9.17) is 4.74 Å². The molecule has 2 aromatic rings. The molecular formula is C16H18BrF3N6O3. The number of aromatic nitrogens is 5. The van der Waals surface area contributed by atoms with Crippen LogP contribution >= 0.6 is 15.9 Å². The maximum Gasteiger partial charge on any atom is 0.451 e. The molecule has 0 aliphatic carbocycles. The standard InChI is InChI=1S/C16H18BrF3N6O3/c1-2-3-6-29-12(27)9-26-13(28)10(17)7-21-15(26)24-4-5-25-11(8-24)22-23-14(25)16(18,19)20/h7H,2-6,8-9H2,1H3. The largest absolute Gasteiger partial charge is 0.464 e. The molecular weight excluding hydrogens is 461 g/mol. The van der Waals surface area contributed by atoms with Crippen LogP contribution in [0, 0.1) is 0 Å². The SMILES string of the molecule is CCCCOC(=O)Cn1c(N2CCn3c(nnc3C(F)(F)F)C2)ncc(Br)c1=O. The smallest absolute Gasteiger partial charge is 0.451 e. The van der Waals surface area contributed by atoms with Crippen LogP contribution in [0.25, 0.3) is 0 Å². The van der Waals surface area contributed by atoms with Crippen molar-refractivity contribution in [1.29, 1.82) is 0 Å². The van der Waals surface area contributed by atoms with Crippen molar-refractivity contribution in [2.45, 2.75) is 45.6 Å². The third kappa shape index (κ3) is 4.60. The predicted molar refractivity (Wildman–Crippen MR) is 98.1 cm³/mol. The van der Waals surface area contributed by atoms with Crippen LogP contribution in [0.5, 0.6) is 0 Å². The van der Waals surface area contributed by atoms with Gasteiger partial charge in [0.25, 0.3) is 5.56 Å². The van der Waals surface area contributed by atoms with Gasteiger partial charge in [-0.1, -0.05) is 13.3 Å². The van der Waals surface area contributed by atoms with E-state index in [2.05, 4.69) is 31.1 Å². The molecule has 0 saturated carbocycles. The van der Waals surface area contributed by atoms with Gasteiger partial charge in [0.15, 0.2) is 5.82 Å². The third-order valence-corrected chi connectivity index (χ3v) is 4.87. The maximum atomic E-state index is 13.0. The molecule has 0 spiro atoms. The van der Waals surface area contributed by atoms with Gasteiger partial charge in [0, 0.05) is 13.1 Å². The van der Waals surface area contributed by atoms with E-state index in [0.717, 1.165) is 15.6 Å². The van der Waals surface area contributed by atoms with Crippen molar-refractivity contribution in [2.75, 3.05) is 18.1 Å². The van der Waals surface area contributed by atoms with Crippen molar-refractivity contribution in [1.82, 2.24) is 24.3 Å². The Kier molecular flexibility index (Phi) is 6.24. The van der Waals surface area contributed by atoms with Crippen LogP contribution in [-0.2, 0) is 35.3 Å². The van der Waals surface area contributed by atoms with Crippen molar-refractivity contribution in [3.63, 3.8) is 0 Å². The minimum absolute atomic E-state index is 0.0376. The average Bonchev–Trinajstić information content (AvgIpc) is 3.09. The van der Waals surface area contributed by atoms with Gasteiger partial charge in [-0.2, -0.15) is 13.2 Å². The Morgan fingerprint density at radius 1 is 1.31 bits per heavy atom. The number of hydrogen-bond acceptors (Lipinski definition) is 7. The summed E-state index contributed by atoms with van der Waals surface area (Å²) in [5.41, 5.74) is -0.495. The van der Waals surface area contributed by atoms with E-state index >= 15 is 0 Å². The quantitative estimate of drug-likeness (QED) is 0.462. The van der Waals surface area contributed by atoms with Gasteiger partial charge in [0.05, 0.1) is 19.3 Å². The van der Waals surface area contributed by atoms with Gasteiger partial charge in [-0.05, 0) is 22.4 Å². The Morgan fingerprint density at radius 2 is 2.07 bits per heavy atom. The van der Waals surface area contributed by atoms with Gasteiger partial charge < -0.3 is 14.2 Å². The topological polar surface area (TPSA) is 95.1 Å². The average molecular weight is 479 g/mol. The molecule has 9 nitrogen and oxygen atoms in total. The summed E-state index contributed by atoms with van der Waals surface area (Å²) in [5, 5.41) is 6.85. The van der Waals surface area contributed by atoms with Gasteiger partial charge in [0.1, 0.15) is 11.0 Å². The van der Waals surface area contributed by atoms with Crippen LogP contribution in [0.3, 0.4) is 0 Å². The zero-order valence-electron chi connectivity index (χ0n) is 15.4. The van der Waals surface area contributed by atoms with Gasteiger partial charge in [0.2, 0.25) is 11.8 Å². The van der Waals surface area contributed by atoms with Crippen molar-refractivity contribution in [2.24, 2.45) is 0 Å². The lowest BCUT2D eigenvalue weighted by molar-refractivity contribution is -0.147. The monoisotopic (exact) mass is 478 g/mol. The first-order valence-corrected chi connectivity index (χ1v) is 9.66. The lowest BCUT2D eigenvalue weighted by Gasteiger charge is -2.30. The number of alkyl halides is 3. The number of carbonyl (C=O) groups is 1. The highest BCUT2D eigenvalue weighted by Crippen LogP contribution is 2.30. The lowest BCUT2D eigenvalue weighted by Crippen LogP contribution is -2.40. The fourth-order valence-electron chi connectivity index (χ4n) is 2.90. The molecule has 1 aliphatic rings.